The van der Waals surface area contributed by atoms with Crippen molar-refractivity contribution >= 4 is 0 Å². The second-order valence-corrected chi connectivity index (χ2v) is 3.76. The first-order chi connectivity index (χ1) is 6.27. The largest absolute Gasteiger partial charge is 0.508 e. The number of phenolic OH excluding ortho intramolecular Hbond substituents is 2. The number of phenols is 2. The summed E-state index contributed by atoms with van der Waals surface area (Å²) in [6, 6.07) is 3.14. The van der Waals surface area contributed by atoms with Crippen LogP contribution in [0.4, 0.5) is 0 Å². The minimum atomic E-state index is 0.324. The Labute approximate surface area is 76.1 Å². The van der Waals surface area contributed by atoms with Crippen LogP contribution in [0.25, 0.3) is 0 Å². The topological polar surface area (TPSA) is 40.5 Å². The molecule has 0 radical (unpaired) electrons. The lowest BCUT2D eigenvalue weighted by molar-refractivity contribution is 0.451. The molecule has 0 aromatic heterocycles. The smallest absolute Gasteiger partial charge is 0.119 e. The van der Waals surface area contributed by atoms with E-state index in [1.54, 1.807) is 12.1 Å². The highest BCUT2D eigenvalue weighted by Gasteiger charge is 2.36. The standard InChI is InChI=1S/C11H10O2/c12-8-3-4-9(13)11-7-2-1-6(5-7)10(8)11/h1-4,6-7,12-13H,5H2/t6-,7+. The molecule has 3 rings (SSSR count). The fourth-order valence-electron chi connectivity index (χ4n) is 2.52. The van der Waals surface area contributed by atoms with Crippen molar-refractivity contribution in [3.05, 3.63) is 35.4 Å². The summed E-state index contributed by atoms with van der Waals surface area (Å²) in [6.45, 7) is 0. The zero-order chi connectivity index (χ0) is 9.00. The Hall–Kier alpha value is -1.44. The second-order valence-electron chi connectivity index (χ2n) is 3.76. The number of rotatable bonds is 0. The molecule has 0 saturated carbocycles. The molecular formula is C11H10O2. The van der Waals surface area contributed by atoms with Crippen molar-refractivity contribution < 1.29 is 10.2 Å². The second kappa shape index (κ2) is 2.08. The first-order valence-corrected chi connectivity index (χ1v) is 4.50. The molecule has 0 saturated heterocycles. The normalized spacial score (nSPS) is 28.0. The van der Waals surface area contributed by atoms with Crippen LogP contribution in [0.3, 0.4) is 0 Å². The number of fused-ring (bicyclic) bond motifs is 5. The van der Waals surface area contributed by atoms with Crippen molar-refractivity contribution in [2.45, 2.75) is 18.3 Å². The van der Waals surface area contributed by atoms with E-state index in [4.69, 9.17) is 0 Å². The summed E-state index contributed by atoms with van der Waals surface area (Å²) in [6.07, 6.45) is 5.25. The minimum absolute atomic E-state index is 0.324. The minimum Gasteiger partial charge on any atom is -0.508 e. The maximum absolute atomic E-state index is 9.63. The summed E-state index contributed by atoms with van der Waals surface area (Å²) in [7, 11) is 0. The molecule has 0 unspecified atom stereocenters. The lowest BCUT2D eigenvalue weighted by atomic mass is 9.95. The fourth-order valence-corrected chi connectivity index (χ4v) is 2.52. The maximum atomic E-state index is 9.63. The van der Waals surface area contributed by atoms with Gasteiger partial charge < -0.3 is 10.2 Å². The Morgan fingerprint density at radius 1 is 0.923 bits per heavy atom. The van der Waals surface area contributed by atoms with E-state index in [2.05, 4.69) is 12.2 Å². The van der Waals surface area contributed by atoms with E-state index < -0.39 is 0 Å². The van der Waals surface area contributed by atoms with Gasteiger partial charge in [-0.2, -0.15) is 0 Å². The Morgan fingerprint density at radius 2 is 1.38 bits per heavy atom. The molecule has 2 bridgehead atoms. The van der Waals surface area contributed by atoms with Gasteiger partial charge in [0, 0.05) is 23.0 Å². The SMILES string of the molecule is Oc1ccc(O)c2c1[C@@H]1C=C[C@H]2C1. The molecule has 66 valence electrons. The van der Waals surface area contributed by atoms with Gasteiger partial charge in [0.25, 0.3) is 0 Å². The van der Waals surface area contributed by atoms with Crippen LogP contribution in [0.1, 0.15) is 29.4 Å². The molecule has 2 nitrogen and oxygen atoms in total. The highest BCUT2D eigenvalue weighted by atomic mass is 16.3. The lowest BCUT2D eigenvalue weighted by Crippen LogP contribution is -1.93. The average Bonchev–Trinajstić information content (AvgIpc) is 2.70. The van der Waals surface area contributed by atoms with Crippen LogP contribution in [0.15, 0.2) is 24.3 Å². The molecule has 1 aromatic carbocycles. The van der Waals surface area contributed by atoms with Gasteiger partial charge >= 0.3 is 0 Å². The van der Waals surface area contributed by atoms with Gasteiger partial charge in [0.15, 0.2) is 0 Å². The summed E-state index contributed by atoms with van der Waals surface area (Å²) in [5.41, 5.74) is 1.88. The van der Waals surface area contributed by atoms with E-state index in [0.29, 0.717) is 23.3 Å². The third-order valence-corrected chi connectivity index (χ3v) is 3.07. The van der Waals surface area contributed by atoms with Crippen molar-refractivity contribution in [1.82, 2.24) is 0 Å². The van der Waals surface area contributed by atoms with Crippen LogP contribution in [-0.2, 0) is 0 Å². The third kappa shape index (κ3) is 0.730. The number of aromatic hydroxyl groups is 2. The fraction of sp³-hybridized carbons (Fsp3) is 0.273. The molecule has 0 aliphatic heterocycles. The van der Waals surface area contributed by atoms with E-state index in [9.17, 15) is 10.2 Å². The van der Waals surface area contributed by atoms with Crippen LogP contribution in [0.2, 0.25) is 0 Å². The molecule has 2 aliphatic carbocycles. The zero-order valence-corrected chi connectivity index (χ0v) is 7.07. The van der Waals surface area contributed by atoms with Crippen molar-refractivity contribution in [2.24, 2.45) is 0 Å². The summed E-state index contributed by atoms with van der Waals surface area (Å²) in [5, 5.41) is 19.3. The highest BCUT2D eigenvalue weighted by molar-refractivity contribution is 5.59. The quantitative estimate of drug-likeness (QED) is 0.467. The van der Waals surface area contributed by atoms with Gasteiger partial charge in [-0.15, -0.1) is 0 Å². The molecule has 1 aromatic rings. The Bertz CT molecular complexity index is 370. The predicted octanol–water partition coefficient (Wildman–Crippen LogP) is 2.24. The van der Waals surface area contributed by atoms with Crippen LogP contribution < -0.4 is 0 Å². The molecule has 0 amide bonds. The van der Waals surface area contributed by atoms with Crippen LogP contribution >= 0.6 is 0 Å². The van der Waals surface area contributed by atoms with E-state index in [1.165, 1.54) is 0 Å². The van der Waals surface area contributed by atoms with Crippen LogP contribution in [-0.4, -0.2) is 10.2 Å². The van der Waals surface area contributed by atoms with Crippen LogP contribution in [0, 0.1) is 0 Å². The molecule has 2 atom stereocenters. The van der Waals surface area contributed by atoms with Crippen molar-refractivity contribution in [3.63, 3.8) is 0 Å². The van der Waals surface area contributed by atoms with E-state index in [1.807, 2.05) is 0 Å². The van der Waals surface area contributed by atoms with E-state index in [-0.39, 0.29) is 0 Å². The van der Waals surface area contributed by atoms with Crippen LogP contribution in [0.5, 0.6) is 11.5 Å². The summed E-state index contributed by atoms with van der Waals surface area (Å²) >= 11 is 0. The molecule has 2 aliphatic rings. The van der Waals surface area contributed by atoms with Gasteiger partial charge in [0.1, 0.15) is 11.5 Å². The third-order valence-electron chi connectivity index (χ3n) is 3.07. The number of hydrogen-bond acceptors (Lipinski definition) is 2. The molecule has 0 heterocycles. The highest BCUT2D eigenvalue weighted by Crippen LogP contribution is 2.54. The van der Waals surface area contributed by atoms with Gasteiger partial charge in [0.05, 0.1) is 0 Å². The molecule has 0 fully saturated rings. The maximum Gasteiger partial charge on any atom is 0.119 e. The van der Waals surface area contributed by atoms with Gasteiger partial charge in [-0.3, -0.25) is 0 Å². The number of benzene rings is 1. The average molecular weight is 174 g/mol. The summed E-state index contributed by atoms with van der Waals surface area (Å²) in [5.74, 6) is 1.30. The van der Waals surface area contributed by atoms with Crippen molar-refractivity contribution in [1.29, 1.82) is 0 Å². The van der Waals surface area contributed by atoms with E-state index >= 15 is 0 Å². The molecule has 13 heavy (non-hydrogen) atoms. The van der Waals surface area contributed by atoms with Gasteiger partial charge in [-0.05, 0) is 18.6 Å². The van der Waals surface area contributed by atoms with Gasteiger partial charge in [-0.25, -0.2) is 0 Å². The molecule has 2 N–H and O–H groups in total. The van der Waals surface area contributed by atoms with Gasteiger partial charge in [0.2, 0.25) is 0 Å². The summed E-state index contributed by atoms with van der Waals surface area (Å²) < 4.78 is 0. The lowest BCUT2D eigenvalue weighted by Gasteiger charge is -2.13. The number of hydrogen-bond donors (Lipinski definition) is 2. The Kier molecular flexibility index (Phi) is 1.12. The predicted molar refractivity (Wildman–Crippen MR) is 49.0 cm³/mol. The van der Waals surface area contributed by atoms with Crippen molar-refractivity contribution in [2.75, 3.05) is 0 Å². The first-order valence-electron chi connectivity index (χ1n) is 4.50. The number of allylic oxidation sites excluding steroid dienone is 2. The van der Waals surface area contributed by atoms with Gasteiger partial charge in [-0.1, -0.05) is 12.2 Å². The summed E-state index contributed by atoms with van der Waals surface area (Å²) in [4.78, 5) is 0. The monoisotopic (exact) mass is 174 g/mol. The molecule has 2 heteroatoms. The molecular weight excluding hydrogens is 164 g/mol. The Balaban J connectivity index is 2.33. The van der Waals surface area contributed by atoms with Crippen molar-refractivity contribution in [3.8, 4) is 11.5 Å². The Morgan fingerprint density at radius 3 is 1.85 bits per heavy atom. The zero-order valence-electron chi connectivity index (χ0n) is 7.07. The molecule has 0 spiro atoms. The van der Waals surface area contributed by atoms with E-state index in [0.717, 1.165) is 17.5 Å². The first kappa shape index (κ1) is 7.01.